The van der Waals surface area contributed by atoms with Gasteiger partial charge in [-0.05, 0) is 32.2 Å². The van der Waals surface area contributed by atoms with E-state index in [1.807, 2.05) is 0 Å². The van der Waals surface area contributed by atoms with Crippen molar-refractivity contribution in [1.82, 2.24) is 19.9 Å². The van der Waals surface area contributed by atoms with Gasteiger partial charge in [0.15, 0.2) is 11.0 Å². The van der Waals surface area contributed by atoms with Crippen molar-refractivity contribution in [2.24, 2.45) is 0 Å². The molecule has 2 aromatic heterocycles. The van der Waals surface area contributed by atoms with Gasteiger partial charge in [0.25, 0.3) is 0 Å². The maximum Gasteiger partial charge on any atom is 0.319 e. The molecule has 6 rings (SSSR count). The van der Waals surface area contributed by atoms with E-state index in [4.69, 9.17) is 21.1 Å². The fraction of sp³-hybridized carbons (Fsp3) is 0.650. The zero-order chi connectivity index (χ0) is 20.5. The summed E-state index contributed by atoms with van der Waals surface area (Å²) in [4.78, 5) is 17.3. The molecule has 0 amide bonds. The van der Waals surface area contributed by atoms with Gasteiger partial charge in [-0.1, -0.05) is 11.6 Å². The molecular formula is C20H22ClF2N5O2. The lowest BCUT2D eigenvalue weighted by Crippen LogP contribution is -2.43. The summed E-state index contributed by atoms with van der Waals surface area (Å²) in [7, 11) is 0. The van der Waals surface area contributed by atoms with Gasteiger partial charge in [-0.2, -0.15) is 15.0 Å². The van der Waals surface area contributed by atoms with Crippen molar-refractivity contribution < 1.29 is 18.3 Å². The zero-order valence-corrected chi connectivity index (χ0v) is 17.2. The van der Waals surface area contributed by atoms with Crippen molar-refractivity contribution in [2.75, 3.05) is 37.7 Å². The number of ether oxygens (including phenoxy) is 2. The Morgan fingerprint density at radius 2 is 2.10 bits per heavy atom. The van der Waals surface area contributed by atoms with Crippen molar-refractivity contribution >= 4 is 28.3 Å². The highest BCUT2D eigenvalue weighted by atomic mass is 35.5. The Bertz CT molecular complexity index is 1020. The number of hydrogen-bond donors (Lipinski definition) is 0. The van der Waals surface area contributed by atoms with E-state index in [1.54, 1.807) is 0 Å². The fourth-order valence-electron chi connectivity index (χ4n) is 5.19. The highest BCUT2D eigenvalue weighted by Crippen LogP contribution is 2.43. The van der Waals surface area contributed by atoms with Crippen molar-refractivity contribution in [3.63, 3.8) is 0 Å². The lowest BCUT2D eigenvalue weighted by molar-refractivity contribution is 0.107. The highest BCUT2D eigenvalue weighted by Gasteiger charge is 2.49. The van der Waals surface area contributed by atoms with Gasteiger partial charge in [0.05, 0.1) is 12.1 Å². The van der Waals surface area contributed by atoms with Gasteiger partial charge in [-0.25, -0.2) is 8.78 Å². The first-order valence-corrected chi connectivity index (χ1v) is 10.9. The van der Waals surface area contributed by atoms with Gasteiger partial charge >= 0.3 is 6.01 Å². The van der Waals surface area contributed by atoms with E-state index in [9.17, 15) is 8.78 Å². The van der Waals surface area contributed by atoms with E-state index in [0.29, 0.717) is 43.4 Å². The van der Waals surface area contributed by atoms with Crippen LogP contribution in [0.3, 0.4) is 0 Å². The monoisotopic (exact) mass is 437 g/mol. The molecule has 0 bridgehead atoms. The van der Waals surface area contributed by atoms with Gasteiger partial charge in [-0.3, -0.25) is 4.90 Å². The van der Waals surface area contributed by atoms with Crippen LogP contribution in [0.4, 0.5) is 14.6 Å². The van der Waals surface area contributed by atoms with Crippen LogP contribution < -0.4 is 14.4 Å². The summed E-state index contributed by atoms with van der Waals surface area (Å²) >= 11 is 6.00. The predicted octanol–water partition coefficient (Wildman–Crippen LogP) is 3.13. The second-order valence-corrected chi connectivity index (χ2v) is 9.07. The third kappa shape index (κ3) is 2.89. The Kier molecular flexibility index (Phi) is 4.22. The Morgan fingerprint density at radius 3 is 2.93 bits per heavy atom. The number of nitrogens with zero attached hydrogens (tertiary/aromatic N) is 5. The molecule has 3 fully saturated rings. The third-order valence-electron chi connectivity index (χ3n) is 6.73. The lowest BCUT2D eigenvalue weighted by atomic mass is 9.95. The first kappa shape index (κ1) is 18.7. The normalized spacial score (nSPS) is 28.5. The summed E-state index contributed by atoms with van der Waals surface area (Å²) in [6, 6.07) is 0.427. The summed E-state index contributed by atoms with van der Waals surface area (Å²) < 4.78 is 40.7. The van der Waals surface area contributed by atoms with Crippen LogP contribution in [0.25, 0.3) is 10.9 Å². The number of halogens is 3. The summed E-state index contributed by atoms with van der Waals surface area (Å²) in [5.74, 6) is 0.108. The number of fused-ring (bicyclic) bond motifs is 1. The molecule has 0 N–H and O–H groups in total. The molecule has 2 saturated heterocycles. The Labute approximate surface area is 177 Å². The van der Waals surface area contributed by atoms with Crippen LogP contribution >= 0.6 is 11.6 Å². The van der Waals surface area contributed by atoms with Crippen LogP contribution in [0.1, 0.15) is 32.1 Å². The number of aromatic nitrogens is 3. The largest absolute Gasteiger partial charge is 0.475 e. The minimum absolute atomic E-state index is 0.0492. The van der Waals surface area contributed by atoms with Crippen LogP contribution in [0.15, 0.2) is 0 Å². The zero-order valence-electron chi connectivity index (χ0n) is 16.4. The number of rotatable bonds is 4. The Morgan fingerprint density at radius 1 is 1.23 bits per heavy atom. The molecular weight excluding hydrogens is 416 g/mol. The van der Waals surface area contributed by atoms with Crippen LogP contribution in [0, 0.1) is 5.82 Å². The molecule has 160 valence electrons. The maximum absolute atomic E-state index is 14.9. The Balaban J connectivity index is 1.41. The smallest absolute Gasteiger partial charge is 0.319 e. The van der Waals surface area contributed by atoms with E-state index in [1.165, 1.54) is 0 Å². The quantitative estimate of drug-likeness (QED) is 0.681. The van der Waals surface area contributed by atoms with Crippen LogP contribution in [-0.2, 0) is 0 Å². The molecule has 0 spiro atoms. The Hall–Kier alpha value is -2.00. The molecule has 5 heterocycles. The van der Waals surface area contributed by atoms with Crippen molar-refractivity contribution in [1.29, 1.82) is 0 Å². The number of anilines is 1. The summed E-state index contributed by atoms with van der Waals surface area (Å²) in [6.07, 6.45) is 3.61. The highest BCUT2D eigenvalue weighted by molar-refractivity contribution is 6.30. The average Bonchev–Trinajstić information content (AvgIpc) is 3.44. The number of hydrogen-bond acceptors (Lipinski definition) is 7. The topological polar surface area (TPSA) is 63.6 Å². The van der Waals surface area contributed by atoms with E-state index < -0.39 is 12.0 Å². The van der Waals surface area contributed by atoms with Crippen LogP contribution in [0.2, 0.25) is 5.15 Å². The minimum Gasteiger partial charge on any atom is -0.475 e. The van der Waals surface area contributed by atoms with Gasteiger partial charge in [0.2, 0.25) is 5.88 Å². The van der Waals surface area contributed by atoms with Crippen molar-refractivity contribution in [3.05, 3.63) is 11.0 Å². The molecule has 2 atom stereocenters. The summed E-state index contributed by atoms with van der Waals surface area (Å²) in [5, 5.41) is 0.142. The fourth-order valence-corrected chi connectivity index (χ4v) is 5.36. The standard InChI is InChI=1S/C20H22ClF2N5O2/c21-16-14(23)15-13-17(28(12-2-3-12)6-7-29-18(13)25-16)26-19(24-15)30-10-20-4-1-5-27(20)9-11(22)8-20/h11-12H,1-10H2/t11-,20+/m1/s1. The van der Waals surface area contributed by atoms with Gasteiger partial charge in [0, 0.05) is 19.0 Å². The molecule has 4 aliphatic rings. The summed E-state index contributed by atoms with van der Waals surface area (Å²) in [5.41, 5.74) is -0.279. The predicted molar refractivity (Wildman–Crippen MR) is 107 cm³/mol. The molecule has 3 aliphatic heterocycles. The summed E-state index contributed by atoms with van der Waals surface area (Å²) in [6.45, 7) is 2.63. The van der Waals surface area contributed by atoms with Crippen molar-refractivity contribution in [2.45, 2.75) is 49.9 Å². The van der Waals surface area contributed by atoms with E-state index in [-0.39, 0.29) is 34.7 Å². The molecule has 0 aromatic carbocycles. The molecule has 10 heteroatoms. The van der Waals surface area contributed by atoms with E-state index >= 15 is 0 Å². The lowest BCUT2D eigenvalue weighted by Gasteiger charge is -2.31. The first-order chi connectivity index (χ1) is 14.5. The first-order valence-electron chi connectivity index (χ1n) is 10.5. The SMILES string of the molecule is Fc1c(Cl)nc2c3c(nc(OC[C@@]45CCCN4C[C@H](F)C5)nc13)N(C1CC1)CCO2. The average molecular weight is 438 g/mol. The van der Waals surface area contributed by atoms with Crippen molar-refractivity contribution in [3.8, 4) is 11.9 Å². The second-order valence-electron chi connectivity index (χ2n) is 8.71. The molecule has 30 heavy (non-hydrogen) atoms. The molecule has 1 saturated carbocycles. The number of alkyl halides is 1. The molecule has 7 nitrogen and oxygen atoms in total. The maximum atomic E-state index is 14.9. The van der Waals surface area contributed by atoms with E-state index in [0.717, 1.165) is 32.2 Å². The van der Waals surface area contributed by atoms with Gasteiger partial charge in [-0.15, -0.1) is 0 Å². The van der Waals surface area contributed by atoms with Crippen LogP contribution in [0.5, 0.6) is 11.9 Å². The third-order valence-corrected chi connectivity index (χ3v) is 6.98. The molecule has 0 unspecified atom stereocenters. The van der Waals surface area contributed by atoms with Gasteiger partial charge in [0.1, 0.15) is 36.1 Å². The van der Waals surface area contributed by atoms with Gasteiger partial charge < -0.3 is 14.4 Å². The van der Waals surface area contributed by atoms with Crippen LogP contribution in [-0.4, -0.2) is 70.5 Å². The minimum atomic E-state index is -0.844. The molecule has 2 aromatic rings. The second kappa shape index (κ2) is 6.75. The molecule has 0 radical (unpaired) electrons. The van der Waals surface area contributed by atoms with E-state index in [2.05, 4.69) is 24.8 Å². The number of pyridine rings is 1. The molecule has 1 aliphatic carbocycles.